The molecular weight excluding hydrogens is 384 g/mol. The second kappa shape index (κ2) is 9.35. The summed E-state index contributed by atoms with van der Waals surface area (Å²) in [5.74, 6) is -0.736. The minimum absolute atomic E-state index is 0.229. The van der Waals surface area contributed by atoms with E-state index in [1.807, 2.05) is 30.5 Å². The highest BCUT2D eigenvalue weighted by Gasteiger charge is 2.26. The van der Waals surface area contributed by atoms with E-state index < -0.39 is 5.97 Å². The van der Waals surface area contributed by atoms with Gasteiger partial charge in [0.15, 0.2) is 6.61 Å². The van der Waals surface area contributed by atoms with E-state index in [0.717, 1.165) is 16.8 Å². The molecule has 0 radical (unpaired) electrons. The van der Waals surface area contributed by atoms with E-state index in [-0.39, 0.29) is 12.5 Å². The van der Waals surface area contributed by atoms with Crippen LogP contribution in [0.4, 0.5) is 0 Å². The molecule has 1 aliphatic rings. The predicted molar refractivity (Wildman–Crippen MR) is 117 cm³/mol. The summed E-state index contributed by atoms with van der Waals surface area (Å²) in [5, 5.41) is 0. The van der Waals surface area contributed by atoms with Crippen molar-refractivity contribution in [2.45, 2.75) is 44.2 Å². The molecular formula is C23H28N2O3S. The number of carbonyl (C=O) groups excluding carboxylic acids is 2. The summed E-state index contributed by atoms with van der Waals surface area (Å²) in [4.78, 5) is 27.0. The number of ether oxygens (including phenoxy) is 1. The highest BCUT2D eigenvalue weighted by Crippen LogP contribution is 2.38. The predicted octanol–water partition coefficient (Wildman–Crippen LogP) is 4.38. The lowest BCUT2D eigenvalue weighted by Crippen LogP contribution is -2.30. The van der Waals surface area contributed by atoms with Crippen LogP contribution in [-0.2, 0) is 20.9 Å². The highest BCUT2D eigenvalue weighted by molar-refractivity contribution is 7.98. The van der Waals surface area contributed by atoms with Crippen LogP contribution in [0, 0.1) is 13.8 Å². The first-order chi connectivity index (χ1) is 13.9. The first-order valence-corrected chi connectivity index (χ1v) is 11.0. The van der Waals surface area contributed by atoms with Gasteiger partial charge in [0.1, 0.15) is 0 Å². The third-order valence-electron chi connectivity index (χ3n) is 5.18. The number of amides is 1. The Labute approximate surface area is 176 Å². The van der Waals surface area contributed by atoms with Crippen LogP contribution < -0.4 is 0 Å². The molecule has 154 valence electrons. The Morgan fingerprint density at radius 1 is 1.24 bits per heavy atom. The van der Waals surface area contributed by atoms with Crippen molar-refractivity contribution in [1.29, 1.82) is 0 Å². The number of hydrogen-bond donors (Lipinski definition) is 0. The number of thioether (sulfide) groups is 1. The Hall–Kier alpha value is -2.47. The Morgan fingerprint density at radius 3 is 2.55 bits per heavy atom. The van der Waals surface area contributed by atoms with Gasteiger partial charge in [-0.15, -0.1) is 11.8 Å². The smallest absolute Gasteiger partial charge is 0.331 e. The van der Waals surface area contributed by atoms with Crippen molar-refractivity contribution < 1.29 is 14.3 Å². The van der Waals surface area contributed by atoms with Gasteiger partial charge < -0.3 is 14.2 Å². The zero-order valence-corrected chi connectivity index (χ0v) is 18.3. The van der Waals surface area contributed by atoms with Crippen molar-refractivity contribution in [2.75, 3.05) is 19.9 Å². The first kappa shape index (κ1) is 21.2. The van der Waals surface area contributed by atoms with Gasteiger partial charge in [0.2, 0.25) is 0 Å². The topological polar surface area (TPSA) is 51.5 Å². The maximum absolute atomic E-state index is 12.3. The molecule has 1 saturated carbocycles. The van der Waals surface area contributed by atoms with Crippen molar-refractivity contribution in [3.63, 3.8) is 0 Å². The summed E-state index contributed by atoms with van der Waals surface area (Å²) in [6.07, 6.45) is 7.63. The maximum Gasteiger partial charge on any atom is 0.331 e. The fourth-order valence-electron chi connectivity index (χ4n) is 3.41. The zero-order valence-electron chi connectivity index (χ0n) is 17.5. The van der Waals surface area contributed by atoms with Crippen LogP contribution in [0.3, 0.4) is 0 Å². The van der Waals surface area contributed by atoms with Gasteiger partial charge in [0.05, 0.1) is 0 Å². The fourth-order valence-corrected chi connectivity index (χ4v) is 3.82. The number of rotatable bonds is 8. The SMILES string of the molecule is CSc1ccc(CN(C)C(=O)COC(=O)/C=C/c2cc(C)n(C3CC3)c2C)cc1. The number of esters is 1. The van der Waals surface area contributed by atoms with E-state index in [1.165, 1.54) is 29.5 Å². The number of benzene rings is 1. The molecule has 6 heteroatoms. The lowest BCUT2D eigenvalue weighted by atomic mass is 10.2. The molecule has 1 aliphatic carbocycles. The van der Waals surface area contributed by atoms with E-state index in [4.69, 9.17) is 4.74 Å². The average molecular weight is 413 g/mol. The molecule has 0 aliphatic heterocycles. The van der Waals surface area contributed by atoms with Crippen LogP contribution in [-0.4, -0.2) is 41.3 Å². The zero-order chi connectivity index (χ0) is 21.0. The van der Waals surface area contributed by atoms with Gasteiger partial charge in [-0.2, -0.15) is 0 Å². The molecule has 2 aromatic rings. The van der Waals surface area contributed by atoms with Crippen LogP contribution in [0.15, 0.2) is 41.3 Å². The largest absolute Gasteiger partial charge is 0.452 e. The van der Waals surface area contributed by atoms with Crippen LogP contribution >= 0.6 is 11.8 Å². The van der Waals surface area contributed by atoms with Crippen molar-refractivity contribution in [3.05, 3.63) is 58.9 Å². The van der Waals surface area contributed by atoms with Gasteiger partial charge in [-0.3, -0.25) is 4.79 Å². The van der Waals surface area contributed by atoms with Gasteiger partial charge in [0.25, 0.3) is 5.91 Å². The Morgan fingerprint density at radius 2 is 1.93 bits per heavy atom. The Balaban J connectivity index is 1.48. The number of nitrogens with zero attached hydrogens (tertiary/aromatic N) is 2. The van der Waals surface area contributed by atoms with Crippen molar-refractivity contribution >= 4 is 29.7 Å². The molecule has 1 aromatic carbocycles. The third kappa shape index (κ3) is 5.54. The van der Waals surface area contributed by atoms with E-state index >= 15 is 0 Å². The summed E-state index contributed by atoms with van der Waals surface area (Å²) >= 11 is 1.68. The second-order valence-corrected chi connectivity index (χ2v) is 8.35. The Kier molecular flexibility index (Phi) is 6.85. The number of aryl methyl sites for hydroxylation is 1. The van der Waals surface area contributed by atoms with E-state index in [2.05, 4.69) is 24.5 Å². The van der Waals surface area contributed by atoms with E-state index in [1.54, 1.807) is 29.8 Å². The molecule has 1 fully saturated rings. The minimum Gasteiger partial charge on any atom is -0.452 e. The second-order valence-electron chi connectivity index (χ2n) is 7.47. The van der Waals surface area contributed by atoms with Crippen LogP contribution in [0.25, 0.3) is 6.08 Å². The standard InChI is InChI=1S/C23H28N2O3S/c1-16-13-19(17(2)25(16)20-8-9-20)7-12-23(27)28-15-22(26)24(3)14-18-5-10-21(29-4)11-6-18/h5-7,10-13,20H,8-9,14-15H2,1-4H3/b12-7+. The van der Waals surface area contributed by atoms with E-state index in [9.17, 15) is 9.59 Å². The summed E-state index contributed by atoms with van der Waals surface area (Å²) < 4.78 is 7.46. The van der Waals surface area contributed by atoms with Crippen LogP contribution in [0.5, 0.6) is 0 Å². The third-order valence-corrected chi connectivity index (χ3v) is 5.92. The monoisotopic (exact) mass is 412 g/mol. The lowest BCUT2D eigenvalue weighted by molar-refractivity contribution is -0.147. The average Bonchev–Trinajstić information content (AvgIpc) is 3.50. The maximum atomic E-state index is 12.3. The van der Waals surface area contributed by atoms with Gasteiger partial charge in [0, 0.05) is 42.0 Å². The molecule has 29 heavy (non-hydrogen) atoms. The van der Waals surface area contributed by atoms with Crippen molar-refractivity contribution in [3.8, 4) is 0 Å². The molecule has 5 nitrogen and oxygen atoms in total. The normalized spacial score (nSPS) is 13.7. The summed E-state index contributed by atoms with van der Waals surface area (Å²) in [6.45, 7) is 4.38. The quantitative estimate of drug-likeness (QED) is 0.367. The van der Waals surface area contributed by atoms with Crippen LogP contribution in [0.2, 0.25) is 0 Å². The highest BCUT2D eigenvalue weighted by atomic mass is 32.2. The van der Waals surface area contributed by atoms with Gasteiger partial charge in [-0.25, -0.2) is 4.79 Å². The molecule has 3 rings (SSSR count). The molecule has 1 aromatic heterocycles. The molecule has 0 saturated heterocycles. The molecule has 0 atom stereocenters. The fraction of sp³-hybridized carbons (Fsp3) is 0.391. The first-order valence-electron chi connectivity index (χ1n) is 9.79. The molecule has 0 spiro atoms. The molecule has 0 N–H and O–H groups in total. The number of hydrogen-bond acceptors (Lipinski definition) is 4. The molecule has 1 heterocycles. The number of aromatic nitrogens is 1. The minimum atomic E-state index is -0.507. The van der Waals surface area contributed by atoms with Crippen LogP contribution in [0.1, 0.15) is 41.4 Å². The van der Waals surface area contributed by atoms with E-state index in [0.29, 0.717) is 12.6 Å². The summed E-state index contributed by atoms with van der Waals surface area (Å²) in [7, 11) is 1.71. The molecule has 0 bridgehead atoms. The lowest BCUT2D eigenvalue weighted by Gasteiger charge is -2.17. The molecule has 1 amide bonds. The summed E-state index contributed by atoms with van der Waals surface area (Å²) in [5.41, 5.74) is 4.43. The number of likely N-dealkylation sites (N-methyl/N-ethyl adjacent to an activating group) is 1. The van der Waals surface area contributed by atoms with Gasteiger partial charge in [-0.05, 0) is 68.3 Å². The summed E-state index contributed by atoms with van der Waals surface area (Å²) in [6, 6.07) is 10.8. The Bertz CT molecular complexity index is 911. The number of carbonyl (C=O) groups is 2. The molecule has 0 unspecified atom stereocenters. The van der Waals surface area contributed by atoms with Gasteiger partial charge >= 0.3 is 5.97 Å². The van der Waals surface area contributed by atoms with Gasteiger partial charge in [-0.1, -0.05) is 12.1 Å². The van der Waals surface area contributed by atoms with Crippen molar-refractivity contribution in [2.24, 2.45) is 0 Å². The van der Waals surface area contributed by atoms with Crippen molar-refractivity contribution in [1.82, 2.24) is 9.47 Å².